The molecule has 1 aliphatic heterocycles. The van der Waals surface area contributed by atoms with Crippen LogP contribution in [0.5, 0.6) is 5.75 Å². The molecule has 1 fully saturated rings. The Morgan fingerprint density at radius 3 is 2.45 bits per heavy atom. The summed E-state index contributed by atoms with van der Waals surface area (Å²) in [4.78, 5) is 38.1. The fourth-order valence-electron chi connectivity index (χ4n) is 2.81. The number of carbonyl (C=O) groups is 3. The predicted octanol–water partition coefficient (Wildman–Crippen LogP) is 4.30. The Labute approximate surface area is 207 Å². The molecule has 1 aliphatic rings. The summed E-state index contributed by atoms with van der Waals surface area (Å²) in [6.07, 6.45) is 3.25. The maximum atomic E-state index is 12.7. The van der Waals surface area contributed by atoms with Crippen LogP contribution in [-0.2, 0) is 9.59 Å². The third kappa shape index (κ3) is 5.85. The third-order valence-electron chi connectivity index (χ3n) is 4.28. The van der Waals surface area contributed by atoms with Crippen molar-refractivity contribution in [2.75, 3.05) is 18.5 Å². The molecule has 0 radical (unpaired) electrons. The zero-order chi connectivity index (χ0) is 22.5. The first-order valence-electron chi connectivity index (χ1n) is 9.22. The second-order valence-electron chi connectivity index (χ2n) is 6.71. The average molecular weight is 643 g/mol. The van der Waals surface area contributed by atoms with Gasteiger partial charge in [-0.1, -0.05) is 30.4 Å². The van der Waals surface area contributed by atoms with Crippen LogP contribution in [0.15, 0.2) is 54.8 Å². The number of nitrogens with zero attached hydrogens (tertiary/aromatic N) is 1. The summed E-state index contributed by atoms with van der Waals surface area (Å²) in [5, 5.41) is 5.22. The van der Waals surface area contributed by atoms with Crippen LogP contribution in [0.1, 0.15) is 11.1 Å². The van der Waals surface area contributed by atoms with Gasteiger partial charge in [0.05, 0.1) is 7.14 Å². The van der Waals surface area contributed by atoms with E-state index in [1.165, 1.54) is 0 Å². The highest BCUT2D eigenvalue weighted by Crippen LogP contribution is 2.30. The first-order valence-corrected chi connectivity index (χ1v) is 11.4. The molecule has 0 atom stereocenters. The smallest absolute Gasteiger partial charge is 0.329 e. The highest BCUT2D eigenvalue weighted by molar-refractivity contribution is 14.1. The molecule has 9 heteroatoms. The van der Waals surface area contributed by atoms with E-state index >= 15 is 0 Å². The van der Waals surface area contributed by atoms with E-state index in [-0.39, 0.29) is 12.2 Å². The summed E-state index contributed by atoms with van der Waals surface area (Å²) < 4.78 is 7.38. The van der Waals surface area contributed by atoms with E-state index in [0.717, 1.165) is 28.9 Å². The lowest BCUT2D eigenvalue weighted by molar-refractivity contribution is -0.127. The SMILES string of the molecule is C=CCOc1c(I)cc(/C=C2/NC(=O)N(CC(=O)Nc3ccc(C)cc3)C2=O)cc1I. The van der Waals surface area contributed by atoms with E-state index in [2.05, 4.69) is 62.4 Å². The highest BCUT2D eigenvalue weighted by Gasteiger charge is 2.35. The molecule has 0 aromatic heterocycles. The molecule has 2 N–H and O–H groups in total. The number of hydrogen-bond acceptors (Lipinski definition) is 4. The van der Waals surface area contributed by atoms with Crippen LogP contribution >= 0.6 is 45.2 Å². The quantitative estimate of drug-likeness (QED) is 0.204. The molecule has 0 spiro atoms. The van der Waals surface area contributed by atoms with Crippen molar-refractivity contribution in [3.8, 4) is 5.75 Å². The van der Waals surface area contributed by atoms with Crippen LogP contribution in [0.2, 0.25) is 0 Å². The second-order valence-corrected chi connectivity index (χ2v) is 9.03. The minimum absolute atomic E-state index is 0.111. The fourth-order valence-corrected chi connectivity index (χ4v) is 4.93. The van der Waals surface area contributed by atoms with E-state index in [1.807, 2.05) is 31.2 Å². The summed E-state index contributed by atoms with van der Waals surface area (Å²) in [6.45, 7) is 5.60. The van der Waals surface area contributed by atoms with Crippen LogP contribution in [0.4, 0.5) is 10.5 Å². The predicted molar refractivity (Wildman–Crippen MR) is 136 cm³/mol. The molecule has 2 aromatic carbocycles. The minimum atomic E-state index is -0.634. The van der Waals surface area contributed by atoms with Crippen molar-refractivity contribution in [2.45, 2.75) is 6.92 Å². The van der Waals surface area contributed by atoms with Crippen molar-refractivity contribution in [3.63, 3.8) is 0 Å². The zero-order valence-corrected chi connectivity index (χ0v) is 20.9. The normalized spacial score (nSPS) is 14.5. The van der Waals surface area contributed by atoms with Crippen molar-refractivity contribution in [1.82, 2.24) is 10.2 Å². The van der Waals surface area contributed by atoms with Crippen molar-refractivity contribution in [2.24, 2.45) is 0 Å². The molecule has 0 bridgehead atoms. The molecule has 2 aromatic rings. The third-order valence-corrected chi connectivity index (χ3v) is 5.88. The van der Waals surface area contributed by atoms with Crippen molar-refractivity contribution >= 4 is 74.8 Å². The summed E-state index contributed by atoms with van der Waals surface area (Å²) in [7, 11) is 0. The number of anilines is 1. The summed E-state index contributed by atoms with van der Waals surface area (Å²) in [5.74, 6) is -0.276. The molecule has 31 heavy (non-hydrogen) atoms. The van der Waals surface area contributed by atoms with Crippen LogP contribution in [-0.4, -0.2) is 35.9 Å². The lowest BCUT2D eigenvalue weighted by Crippen LogP contribution is -2.38. The Balaban J connectivity index is 1.72. The van der Waals surface area contributed by atoms with E-state index in [4.69, 9.17) is 4.74 Å². The van der Waals surface area contributed by atoms with Crippen LogP contribution in [0.25, 0.3) is 6.08 Å². The number of hydrogen-bond donors (Lipinski definition) is 2. The van der Waals surface area contributed by atoms with Crippen LogP contribution < -0.4 is 15.4 Å². The number of carbonyl (C=O) groups excluding carboxylic acids is 3. The number of halogens is 2. The van der Waals surface area contributed by atoms with Crippen molar-refractivity contribution in [1.29, 1.82) is 0 Å². The number of amides is 4. The zero-order valence-electron chi connectivity index (χ0n) is 16.6. The van der Waals surface area contributed by atoms with Gasteiger partial charge in [0.1, 0.15) is 24.6 Å². The standard InChI is InChI=1S/C22H19I2N3O4/c1-3-8-31-20-16(23)9-14(10-17(20)24)11-18-21(29)27(22(30)26-18)12-19(28)25-15-6-4-13(2)5-7-15/h3-7,9-11H,1,8,12H2,2H3,(H,25,28)(H,26,30)/b18-11+. The van der Waals surface area contributed by atoms with Gasteiger partial charge < -0.3 is 15.4 Å². The Morgan fingerprint density at radius 1 is 1.19 bits per heavy atom. The number of imide groups is 1. The Bertz CT molecular complexity index is 1060. The van der Waals surface area contributed by atoms with Crippen LogP contribution in [0.3, 0.4) is 0 Å². The van der Waals surface area contributed by atoms with Gasteiger partial charge in [-0.05, 0) is 88.0 Å². The second kappa shape index (κ2) is 10.3. The van der Waals surface area contributed by atoms with E-state index < -0.39 is 17.8 Å². The summed E-state index contributed by atoms with van der Waals surface area (Å²) >= 11 is 4.30. The van der Waals surface area contributed by atoms with Gasteiger partial charge in [-0.3, -0.25) is 9.59 Å². The minimum Gasteiger partial charge on any atom is -0.487 e. The monoisotopic (exact) mass is 643 g/mol. The summed E-state index contributed by atoms with van der Waals surface area (Å²) in [5.41, 5.74) is 2.50. The first-order chi connectivity index (χ1) is 14.8. The van der Waals surface area contributed by atoms with Crippen molar-refractivity contribution in [3.05, 3.63) is 73.0 Å². The molecular formula is C22H19I2N3O4. The number of aryl methyl sites for hydroxylation is 1. The van der Waals surface area contributed by atoms with Crippen molar-refractivity contribution < 1.29 is 19.1 Å². The summed E-state index contributed by atoms with van der Waals surface area (Å²) in [6, 6.07) is 10.3. The molecule has 1 heterocycles. The molecule has 1 saturated heterocycles. The molecular weight excluding hydrogens is 624 g/mol. The van der Waals surface area contributed by atoms with Gasteiger partial charge in [-0.15, -0.1) is 0 Å². The highest BCUT2D eigenvalue weighted by atomic mass is 127. The number of benzene rings is 2. The van der Waals surface area contributed by atoms with Gasteiger partial charge in [0.25, 0.3) is 5.91 Å². The Hall–Kier alpha value is -2.41. The topological polar surface area (TPSA) is 87.7 Å². The van der Waals surface area contributed by atoms with Gasteiger partial charge in [0.15, 0.2) is 0 Å². The van der Waals surface area contributed by atoms with Gasteiger partial charge in [0, 0.05) is 5.69 Å². The number of nitrogens with one attached hydrogen (secondary N) is 2. The van der Waals surface area contributed by atoms with Crippen LogP contribution in [0, 0.1) is 14.1 Å². The number of urea groups is 1. The van der Waals surface area contributed by atoms with E-state index in [0.29, 0.717) is 12.3 Å². The van der Waals surface area contributed by atoms with E-state index in [1.54, 1.807) is 24.3 Å². The lowest BCUT2D eigenvalue weighted by atomic mass is 10.2. The van der Waals surface area contributed by atoms with E-state index in [9.17, 15) is 14.4 Å². The van der Waals surface area contributed by atoms with Gasteiger partial charge in [0.2, 0.25) is 5.91 Å². The first kappa shape index (κ1) is 23.3. The largest absolute Gasteiger partial charge is 0.487 e. The fraction of sp³-hybridized carbons (Fsp3) is 0.136. The molecule has 160 valence electrons. The molecule has 0 unspecified atom stereocenters. The Kier molecular flexibility index (Phi) is 7.70. The molecule has 0 aliphatic carbocycles. The molecule has 4 amide bonds. The molecule has 0 saturated carbocycles. The van der Waals surface area contributed by atoms with Gasteiger partial charge in [-0.25, -0.2) is 9.69 Å². The number of rotatable bonds is 7. The number of ether oxygens (including phenoxy) is 1. The maximum Gasteiger partial charge on any atom is 0.329 e. The Morgan fingerprint density at radius 2 is 1.84 bits per heavy atom. The molecule has 3 rings (SSSR count). The van der Waals surface area contributed by atoms with Gasteiger partial charge in [-0.2, -0.15) is 0 Å². The average Bonchev–Trinajstić information content (AvgIpc) is 2.96. The molecule has 7 nitrogen and oxygen atoms in total. The maximum absolute atomic E-state index is 12.7. The lowest BCUT2D eigenvalue weighted by Gasteiger charge is -2.12. The van der Waals surface area contributed by atoms with Gasteiger partial charge >= 0.3 is 6.03 Å².